The molecule has 0 fully saturated rings. The third-order valence-corrected chi connectivity index (χ3v) is 2.66. The Morgan fingerprint density at radius 2 is 2.00 bits per heavy atom. The van der Waals surface area contributed by atoms with Gasteiger partial charge in [0.15, 0.2) is 0 Å². The zero-order chi connectivity index (χ0) is 8.59. The molecule has 0 bridgehead atoms. The van der Waals surface area contributed by atoms with Crippen molar-refractivity contribution in [3.05, 3.63) is 16.0 Å². The third-order valence-electron chi connectivity index (χ3n) is 1.63. The molecule has 66 valence electrons. The molecule has 12 heavy (non-hydrogen) atoms. The summed E-state index contributed by atoms with van der Waals surface area (Å²) < 4.78 is 0. The molecule has 0 aliphatic heterocycles. The molecule has 1 aromatic heterocycles. The predicted octanol–water partition coefficient (Wildman–Crippen LogP) is 1.64. The summed E-state index contributed by atoms with van der Waals surface area (Å²) in [6.45, 7) is 3.63. The number of carboxylic acid groups (broad SMARTS) is 1. The number of anilines is 1. The van der Waals surface area contributed by atoms with E-state index in [2.05, 4.69) is 0 Å². The molecule has 3 nitrogen and oxygen atoms in total. The molecule has 0 saturated heterocycles. The maximum atomic E-state index is 10.6. The summed E-state index contributed by atoms with van der Waals surface area (Å²) in [6, 6.07) is 0. The molecule has 1 rings (SSSR count). The van der Waals surface area contributed by atoms with Crippen LogP contribution in [-0.2, 0) is 21.1 Å². The molecule has 0 radical (unpaired) electrons. The van der Waals surface area contributed by atoms with Crippen molar-refractivity contribution in [2.24, 2.45) is 0 Å². The minimum absolute atomic E-state index is 0. The van der Waals surface area contributed by atoms with Crippen LogP contribution in [0.15, 0.2) is 0 Å². The molecule has 0 atom stereocenters. The average Bonchev–Trinajstić information content (AvgIpc) is 2.07. The topological polar surface area (TPSA) is 63.3 Å². The number of nitrogen functional groups attached to an aromatic ring is 1. The van der Waals surface area contributed by atoms with Crippen molar-refractivity contribution in [2.45, 2.75) is 13.8 Å². The van der Waals surface area contributed by atoms with Gasteiger partial charge in [0.1, 0.15) is 5.00 Å². The molecule has 0 aliphatic carbocycles. The maximum absolute atomic E-state index is 10.6. The first-order valence-electron chi connectivity index (χ1n) is 3.12. The van der Waals surface area contributed by atoms with Gasteiger partial charge in [-0.3, -0.25) is 0 Å². The van der Waals surface area contributed by atoms with Gasteiger partial charge in [0.25, 0.3) is 0 Å². The number of hydrogen-bond donors (Lipinski definition) is 2. The van der Waals surface area contributed by atoms with E-state index in [1.165, 1.54) is 11.3 Å². The number of aromatic carboxylic acids is 1. The summed E-state index contributed by atoms with van der Waals surface area (Å²) >= 11 is 1.32. The van der Waals surface area contributed by atoms with Crippen LogP contribution in [0.5, 0.6) is 0 Å². The van der Waals surface area contributed by atoms with Crippen LogP contribution in [0.2, 0.25) is 0 Å². The summed E-state index contributed by atoms with van der Waals surface area (Å²) in [6.07, 6.45) is 0. The first kappa shape index (κ1) is 11.7. The van der Waals surface area contributed by atoms with Gasteiger partial charge < -0.3 is 10.8 Å². The van der Waals surface area contributed by atoms with Crippen LogP contribution in [0.1, 0.15) is 20.8 Å². The Hall–Kier alpha value is -0.342. The molecule has 0 amide bonds. The standard InChI is InChI=1S/C7H9NO2S.W/c1-3-4(2)11-6(8)5(3)7(9)10;/h8H2,1-2H3,(H,9,10);. The van der Waals surface area contributed by atoms with Crippen molar-refractivity contribution in [1.29, 1.82) is 0 Å². The minimum atomic E-state index is -0.940. The van der Waals surface area contributed by atoms with Gasteiger partial charge in [0, 0.05) is 25.9 Å². The van der Waals surface area contributed by atoms with Gasteiger partial charge in [-0.1, -0.05) is 0 Å². The van der Waals surface area contributed by atoms with E-state index in [0.717, 1.165) is 10.4 Å². The third kappa shape index (κ3) is 1.87. The van der Waals surface area contributed by atoms with Crippen LogP contribution in [0.3, 0.4) is 0 Å². The molecule has 3 N–H and O–H groups in total. The minimum Gasteiger partial charge on any atom is -0.478 e. The number of hydrogen-bond acceptors (Lipinski definition) is 3. The van der Waals surface area contributed by atoms with Crippen LogP contribution in [0, 0.1) is 13.8 Å². The Morgan fingerprint density at radius 1 is 1.50 bits per heavy atom. The number of rotatable bonds is 1. The Balaban J connectivity index is 0.00000121. The number of carbonyl (C=O) groups is 1. The second-order valence-electron chi connectivity index (χ2n) is 2.33. The quantitative estimate of drug-likeness (QED) is 0.805. The Bertz CT molecular complexity index is 309. The molecular formula is C7H9NO2SW. The zero-order valence-corrected chi connectivity index (χ0v) is 10.5. The largest absolute Gasteiger partial charge is 0.478 e. The van der Waals surface area contributed by atoms with E-state index in [-0.39, 0.29) is 26.6 Å². The van der Waals surface area contributed by atoms with Gasteiger partial charge >= 0.3 is 5.97 Å². The normalized spacial score (nSPS) is 9.17. The fourth-order valence-corrected chi connectivity index (χ4v) is 1.85. The molecule has 1 aromatic rings. The van der Waals surface area contributed by atoms with Crippen LogP contribution in [0.4, 0.5) is 5.00 Å². The summed E-state index contributed by atoms with van der Waals surface area (Å²) in [4.78, 5) is 11.6. The van der Waals surface area contributed by atoms with E-state index in [0.29, 0.717) is 5.00 Å². The first-order chi connectivity index (χ1) is 5.04. The van der Waals surface area contributed by atoms with Gasteiger partial charge in [-0.05, 0) is 19.4 Å². The first-order valence-corrected chi connectivity index (χ1v) is 3.94. The summed E-state index contributed by atoms with van der Waals surface area (Å²) in [7, 11) is 0. The van der Waals surface area contributed by atoms with E-state index in [1.807, 2.05) is 6.92 Å². The second-order valence-corrected chi connectivity index (χ2v) is 3.58. The Kier molecular flexibility index (Phi) is 3.94. The molecule has 0 aromatic carbocycles. The van der Waals surface area contributed by atoms with Crippen molar-refractivity contribution < 1.29 is 31.0 Å². The molecule has 0 spiro atoms. The number of aryl methyl sites for hydroxylation is 1. The van der Waals surface area contributed by atoms with E-state index in [1.54, 1.807) is 6.92 Å². The Labute approximate surface area is 88.9 Å². The molecule has 0 saturated carbocycles. The summed E-state index contributed by atoms with van der Waals surface area (Å²) in [5.74, 6) is -0.940. The summed E-state index contributed by atoms with van der Waals surface area (Å²) in [5.41, 5.74) is 6.52. The predicted molar refractivity (Wildman–Crippen MR) is 45.2 cm³/mol. The number of nitrogens with two attached hydrogens (primary N) is 1. The van der Waals surface area contributed by atoms with E-state index in [9.17, 15) is 4.79 Å². The average molecular weight is 355 g/mol. The fraction of sp³-hybridized carbons (Fsp3) is 0.286. The van der Waals surface area contributed by atoms with Crippen LogP contribution in [0.25, 0.3) is 0 Å². The van der Waals surface area contributed by atoms with Crippen LogP contribution >= 0.6 is 11.3 Å². The Morgan fingerprint density at radius 3 is 2.17 bits per heavy atom. The van der Waals surface area contributed by atoms with Gasteiger partial charge in [-0.15, -0.1) is 11.3 Å². The summed E-state index contributed by atoms with van der Waals surface area (Å²) in [5, 5.41) is 9.08. The molecule has 0 unspecified atom stereocenters. The van der Waals surface area contributed by atoms with Crippen molar-refractivity contribution >= 4 is 22.3 Å². The van der Waals surface area contributed by atoms with Gasteiger partial charge in [-0.25, -0.2) is 4.79 Å². The van der Waals surface area contributed by atoms with E-state index >= 15 is 0 Å². The maximum Gasteiger partial charge on any atom is 0.338 e. The molecule has 5 heteroatoms. The van der Waals surface area contributed by atoms with Gasteiger partial charge in [0.05, 0.1) is 5.56 Å². The van der Waals surface area contributed by atoms with Crippen LogP contribution in [-0.4, -0.2) is 11.1 Å². The van der Waals surface area contributed by atoms with Gasteiger partial charge in [-0.2, -0.15) is 0 Å². The van der Waals surface area contributed by atoms with E-state index < -0.39 is 5.97 Å². The number of thiophene rings is 1. The molecular weight excluding hydrogens is 346 g/mol. The zero-order valence-electron chi connectivity index (χ0n) is 6.75. The fourth-order valence-electron chi connectivity index (χ4n) is 0.919. The monoisotopic (exact) mass is 355 g/mol. The van der Waals surface area contributed by atoms with E-state index in [4.69, 9.17) is 10.8 Å². The molecule has 1 heterocycles. The van der Waals surface area contributed by atoms with Crippen molar-refractivity contribution in [2.75, 3.05) is 5.73 Å². The van der Waals surface area contributed by atoms with Crippen molar-refractivity contribution in [3.63, 3.8) is 0 Å². The van der Waals surface area contributed by atoms with Crippen molar-refractivity contribution in [1.82, 2.24) is 0 Å². The molecule has 0 aliphatic rings. The van der Waals surface area contributed by atoms with Gasteiger partial charge in [0.2, 0.25) is 0 Å². The van der Waals surface area contributed by atoms with Crippen molar-refractivity contribution in [3.8, 4) is 0 Å². The smallest absolute Gasteiger partial charge is 0.338 e. The second kappa shape index (κ2) is 4.06. The number of carboxylic acids is 1. The van der Waals surface area contributed by atoms with Crippen LogP contribution < -0.4 is 5.73 Å². The SMILES string of the molecule is Cc1sc(N)c(C(=O)O)c1C.[W].